The molecule has 0 fully saturated rings. The van der Waals surface area contributed by atoms with Gasteiger partial charge in [-0.25, -0.2) is 8.42 Å². The molecular weight excluding hydrogens is 370 g/mol. The van der Waals surface area contributed by atoms with E-state index < -0.39 is 21.0 Å². The van der Waals surface area contributed by atoms with E-state index in [0.29, 0.717) is 22.9 Å². The van der Waals surface area contributed by atoms with Gasteiger partial charge in [-0.15, -0.1) is 11.3 Å². The van der Waals surface area contributed by atoms with Gasteiger partial charge in [-0.1, -0.05) is 17.7 Å². The Bertz CT molecular complexity index is 803. The molecule has 1 N–H and O–H groups in total. The number of carbonyl (C=O) groups is 1. The highest BCUT2D eigenvalue weighted by Crippen LogP contribution is 2.25. The predicted octanol–water partition coefficient (Wildman–Crippen LogP) is 3.03. The van der Waals surface area contributed by atoms with Crippen LogP contribution in [0.15, 0.2) is 35.7 Å². The number of amides is 1. The first-order chi connectivity index (χ1) is 11.3. The Kier molecular flexibility index (Phi) is 6.26. The number of nitrogens with one attached hydrogen (secondary N) is 1. The Balaban J connectivity index is 2.08. The minimum absolute atomic E-state index is 0.315. The average Bonchev–Trinajstić information content (AvgIpc) is 3.05. The van der Waals surface area contributed by atoms with Gasteiger partial charge in [0, 0.05) is 15.5 Å². The molecule has 0 bridgehead atoms. The molecule has 1 amide bonds. The third-order valence-corrected chi connectivity index (χ3v) is 6.64. The van der Waals surface area contributed by atoms with Crippen LogP contribution in [0.5, 0.6) is 5.75 Å². The van der Waals surface area contributed by atoms with Gasteiger partial charge in [0.25, 0.3) is 0 Å². The summed E-state index contributed by atoms with van der Waals surface area (Å²) in [6.45, 7) is 1.70. The second-order valence-corrected chi connectivity index (χ2v) is 8.99. The number of halogens is 1. The second-order valence-electron chi connectivity index (χ2n) is 5.20. The summed E-state index contributed by atoms with van der Waals surface area (Å²) in [5, 5.41) is 3.79. The van der Waals surface area contributed by atoms with Gasteiger partial charge in [0.15, 0.2) is 9.84 Å². The minimum atomic E-state index is -3.70. The molecule has 130 valence electrons. The van der Waals surface area contributed by atoms with Gasteiger partial charge in [-0.2, -0.15) is 0 Å². The summed E-state index contributed by atoms with van der Waals surface area (Å²) in [7, 11) is -2.25. The summed E-state index contributed by atoms with van der Waals surface area (Å²) < 4.78 is 30.2. The molecule has 0 aliphatic carbocycles. The molecule has 0 radical (unpaired) electrons. The topological polar surface area (TPSA) is 72.5 Å². The van der Waals surface area contributed by atoms with Crippen molar-refractivity contribution in [2.24, 2.45) is 0 Å². The van der Waals surface area contributed by atoms with Crippen LogP contribution in [0.25, 0.3) is 0 Å². The first-order valence-corrected chi connectivity index (χ1v) is 10.1. The zero-order chi connectivity index (χ0) is 17.7. The number of sulfone groups is 1. The molecule has 0 aliphatic heterocycles. The maximum Gasteiger partial charge on any atom is 0.238 e. The standard InChI is InChI=1S/C16H18ClNO4S2/c1-11(16(19)18-9-14-4-3-7-23-14)24(20,21)10-12-8-13(17)5-6-15(12)22-2/h3-8,11H,9-10H2,1-2H3,(H,18,19). The van der Waals surface area contributed by atoms with Crippen molar-refractivity contribution in [2.75, 3.05) is 7.11 Å². The molecule has 1 aromatic carbocycles. The van der Waals surface area contributed by atoms with E-state index >= 15 is 0 Å². The quantitative estimate of drug-likeness (QED) is 0.792. The highest BCUT2D eigenvalue weighted by molar-refractivity contribution is 7.92. The summed E-state index contributed by atoms with van der Waals surface area (Å²) in [4.78, 5) is 13.1. The van der Waals surface area contributed by atoms with Crippen molar-refractivity contribution < 1.29 is 17.9 Å². The molecule has 24 heavy (non-hydrogen) atoms. The number of methoxy groups -OCH3 is 1. The van der Waals surface area contributed by atoms with Crippen LogP contribution in [0, 0.1) is 0 Å². The largest absolute Gasteiger partial charge is 0.496 e. The van der Waals surface area contributed by atoms with Crippen LogP contribution in [0.1, 0.15) is 17.4 Å². The van der Waals surface area contributed by atoms with Crippen LogP contribution in [-0.2, 0) is 26.9 Å². The highest BCUT2D eigenvalue weighted by Gasteiger charge is 2.29. The smallest absolute Gasteiger partial charge is 0.238 e. The van der Waals surface area contributed by atoms with Crippen molar-refractivity contribution >= 4 is 38.7 Å². The van der Waals surface area contributed by atoms with E-state index in [1.807, 2.05) is 17.5 Å². The van der Waals surface area contributed by atoms with Crippen molar-refractivity contribution in [1.82, 2.24) is 5.32 Å². The third-order valence-electron chi connectivity index (χ3n) is 3.52. The van der Waals surface area contributed by atoms with Crippen molar-refractivity contribution in [3.05, 3.63) is 51.2 Å². The van der Waals surface area contributed by atoms with E-state index in [9.17, 15) is 13.2 Å². The van der Waals surface area contributed by atoms with Crippen LogP contribution in [-0.4, -0.2) is 26.7 Å². The van der Waals surface area contributed by atoms with Gasteiger partial charge in [0.2, 0.25) is 5.91 Å². The maximum absolute atomic E-state index is 12.5. The van der Waals surface area contributed by atoms with Crippen molar-refractivity contribution in [3.8, 4) is 5.75 Å². The molecule has 0 spiro atoms. The van der Waals surface area contributed by atoms with Crippen molar-refractivity contribution in [2.45, 2.75) is 24.5 Å². The molecule has 1 unspecified atom stereocenters. The van der Waals surface area contributed by atoms with Gasteiger partial charge in [0.05, 0.1) is 19.4 Å². The van der Waals surface area contributed by atoms with E-state index in [1.54, 1.807) is 12.1 Å². The lowest BCUT2D eigenvalue weighted by atomic mass is 10.2. The molecule has 2 rings (SSSR count). The van der Waals surface area contributed by atoms with Gasteiger partial charge in [0.1, 0.15) is 11.0 Å². The lowest BCUT2D eigenvalue weighted by Crippen LogP contribution is -2.38. The molecule has 5 nitrogen and oxygen atoms in total. The number of thiophene rings is 1. The minimum Gasteiger partial charge on any atom is -0.496 e. The number of carbonyl (C=O) groups excluding carboxylic acids is 1. The first-order valence-electron chi connectivity index (χ1n) is 7.17. The summed E-state index contributed by atoms with van der Waals surface area (Å²) in [5.74, 6) is -0.414. The summed E-state index contributed by atoms with van der Waals surface area (Å²) in [6.07, 6.45) is 0. The van der Waals surface area contributed by atoms with E-state index in [4.69, 9.17) is 16.3 Å². The molecule has 8 heteroatoms. The Labute approximate surface area is 150 Å². The van der Waals surface area contributed by atoms with E-state index in [1.165, 1.54) is 31.4 Å². The molecule has 0 saturated carbocycles. The molecule has 1 aromatic heterocycles. The fraction of sp³-hybridized carbons (Fsp3) is 0.312. The molecule has 2 aromatic rings. The average molecular weight is 388 g/mol. The van der Waals surface area contributed by atoms with Gasteiger partial charge in [-0.3, -0.25) is 4.79 Å². The normalized spacial score (nSPS) is 12.6. The number of benzene rings is 1. The van der Waals surface area contributed by atoms with Crippen LogP contribution >= 0.6 is 22.9 Å². The molecule has 1 atom stereocenters. The Morgan fingerprint density at radius 3 is 2.75 bits per heavy atom. The lowest BCUT2D eigenvalue weighted by molar-refractivity contribution is -0.120. The zero-order valence-corrected chi connectivity index (χ0v) is 15.7. The summed E-state index contributed by atoms with van der Waals surface area (Å²) in [5.41, 5.74) is 0.433. The Morgan fingerprint density at radius 2 is 2.12 bits per heavy atom. The third kappa shape index (κ3) is 4.72. The SMILES string of the molecule is COc1ccc(Cl)cc1CS(=O)(=O)C(C)C(=O)NCc1cccs1. The van der Waals surface area contributed by atoms with Gasteiger partial charge >= 0.3 is 0 Å². The fourth-order valence-electron chi connectivity index (χ4n) is 2.10. The van der Waals surface area contributed by atoms with Crippen LogP contribution in [0.3, 0.4) is 0 Å². The predicted molar refractivity (Wildman–Crippen MR) is 96.3 cm³/mol. The Hall–Kier alpha value is -1.57. The van der Waals surface area contributed by atoms with E-state index in [0.717, 1.165) is 4.88 Å². The zero-order valence-electron chi connectivity index (χ0n) is 13.3. The first kappa shape index (κ1) is 18.8. The van der Waals surface area contributed by atoms with E-state index in [-0.39, 0.29) is 5.75 Å². The number of hydrogen-bond acceptors (Lipinski definition) is 5. The summed E-state index contributed by atoms with van der Waals surface area (Å²) >= 11 is 7.42. The van der Waals surface area contributed by atoms with Crippen LogP contribution in [0.4, 0.5) is 0 Å². The molecular formula is C16H18ClNO4S2. The highest BCUT2D eigenvalue weighted by atomic mass is 35.5. The van der Waals surface area contributed by atoms with Gasteiger partial charge in [-0.05, 0) is 36.6 Å². The molecule has 0 saturated heterocycles. The van der Waals surface area contributed by atoms with Crippen molar-refractivity contribution in [3.63, 3.8) is 0 Å². The number of ether oxygens (including phenoxy) is 1. The van der Waals surface area contributed by atoms with Crippen molar-refractivity contribution in [1.29, 1.82) is 0 Å². The fourth-order valence-corrected chi connectivity index (χ4v) is 4.25. The second kappa shape index (κ2) is 8.00. The van der Waals surface area contributed by atoms with E-state index in [2.05, 4.69) is 5.32 Å². The Morgan fingerprint density at radius 1 is 1.38 bits per heavy atom. The monoisotopic (exact) mass is 387 g/mol. The maximum atomic E-state index is 12.5. The van der Waals surface area contributed by atoms with Gasteiger partial charge < -0.3 is 10.1 Å². The number of hydrogen-bond donors (Lipinski definition) is 1. The number of rotatable bonds is 7. The molecule has 0 aliphatic rings. The van der Waals surface area contributed by atoms with Crippen LogP contribution < -0.4 is 10.1 Å². The lowest BCUT2D eigenvalue weighted by Gasteiger charge is -2.15. The van der Waals surface area contributed by atoms with Crippen LogP contribution in [0.2, 0.25) is 5.02 Å². The summed E-state index contributed by atoms with van der Waals surface area (Å²) in [6, 6.07) is 8.51. The molecule has 1 heterocycles.